The van der Waals surface area contributed by atoms with E-state index in [2.05, 4.69) is 10.1 Å². The summed E-state index contributed by atoms with van der Waals surface area (Å²) in [6, 6.07) is 9.89. The third-order valence-electron chi connectivity index (χ3n) is 3.33. The van der Waals surface area contributed by atoms with Gasteiger partial charge in [0.25, 0.3) is 0 Å². The molecule has 0 atom stereocenters. The smallest absolute Gasteiger partial charge is 0.308 e. The first-order chi connectivity index (χ1) is 10.6. The molecule has 0 N–H and O–H groups in total. The van der Waals surface area contributed by atoms with E-state index in [4.69, 9.17) is 4.74 Å². The number of benzene rings is 1. The Bertz CT molecular complexity index is 774. The van der Waals surface area contributed by atoms with Crippen LogP contribution in [0.3, 0.4) is 0 Å². The second-order valence-corrected chi connectivity index (χ2v) is 6.25. The third-order valence-corrected chi connectivity index (χ3v) is 4.34. The molecule has 0 aliphatic heterocycles. The van der Waals surface area contributed by atoms with Crippen molar-refractivity contribution in [2.45, 2.75) is 33.4 Å². The number of esters is 1. The molecular formula is C16H17N3O2S. The molecule has 5 nitrogen and oxygen atoms in total. The van der Waals surface area contributed by atoms with Crippen molar-refractivity contribution < 1.29 is 9.53 Å². The predicted molar refractivity (Wildman–Crippen MR) is 85.7 cm³/mol. The van der Waals surface area contributed by atoms with E-state index in [0.717, 1.165) is 26.6 Å². The Morgan fingerprint density at radius 3 is 2.86 bits per heavy atom. The Kier molecular flexibility index (Phi) is 4.20. The van der Waals surface area contributed by atoms with Crippen LogP contribution in [0.4, 0.5) is 0 Å². The second-order valence-electron chi connectivity index (χ2n) is 5.14. The molecule has 0 saturated heterocycles. The maximum atomic E-state index is 11.8. The summed E-state index contributed by atoms with van der Waals surface area (Å²) < 4.78 is 8.23. The Morgan fingerprint density at radius 2 is 2.14 bits per heavy atom. The molecule has 22 heavy (non-hydrogen) atoms. The Balaban J connectivity index is 1.52. The first-order valence-electron chi connectivity index (χ1n) is 7.13. The summed E-state index contributed by atoms with van der Waals surface area (Å²) in [5.41, 5.74) is 2.96. The molecule has 0 bridgehead atoms. The van der Waals surface area contributed by atoms with Gasteiger partial charge in [-0.1, -0.05) is 12.1 Å². The number of nitrogens with zero attached hydrogens (tertiary/aromatic N) is 3. The molecular weight excluding hydrogens is 298 g/mol. The molecule has 0 aliphatic rings. The molecule has 1 aromatic carbocycles. The monoisotopic (exact) mass is 315 g/mol. The summed E-state index contributed by atoms with van der Waals surface area (Å²) in [5, 5.41) is 5.15. The summed E-state index contributed by atoms with van der Waals surface area (Å²) in [5.74, 6) is -0.230. The van der Waals surface area contributed by atoms with Crippen molar-refractivity contribution in [1.29, 1.82) is 0 Å². The minimum atomic E-state index is -0.230. The van der Waals surface area contributed by atoms with Gasteiger partial charge in [0.2, 0.25) is 0 Å². The van der Waals surface area contributed by atoms with Crippen molar-refractivity contribution in [2.75, 3.05) is 0 Å². The molecule has 0 radical (unpaired) electrons. The molecule has 114 valence electrons. The van der Waals surface area contributed by atoms with Gasteiger partial charge in [-0.25, -0.2) is 4.98 Å². The summed E-state index contributed by atoms with van der Waals surface area (Å²) in [6.45, 7) is 4.69. The van der Waals surface area contributed by atoms with Crippen molar-refractivity contribution in [3.8, 4) is 0 Å². The number of rotatable bonds is 5. The molecule has 2 heterocycles. The molecule has 0 spiro atoms. The maximum absolute atomic E-state index is 11.8. The zero-order valence-electron chi connectivity index (χ0n) is 12.6. The number of para-hydroxylation sites is 1. The van der Waals surface area contributed by atoms with Gasteiger partial charge in [0, 0.05) is 5.69 Å². The third kappa shape index (κ3) is 3.33. The van der Waals surface area contributed by atoms with Gasteiger partial charge < -0.3 is 4.74 Å². The van der Waals surface area contributed by atoms with E-state index in [1.54, 1.807) is 11.3 Å². The summed E-state index contributed by atoms with van der Waals surface area (Å²) >= 11 is 1.55. The lowest BCUT2D eigenvalue weighted by molar-refractivity contribution is -0.145. The van der Waals surface area contributed by atoms with Crippen LogP contribution in [-0.4, -0.2) is 20.7 Å². The molecule has 0 unspecified atom stereocenters. The van der Waals surface area contributed by atoms with Gasteiger partial charge in [-0.05, 0) is 32.0 Å². The Labute approximate surface area is 132 Å². The van der Waals surface area contributed by atoms with Crippen molar-refractivity contribution in [3.63, 3.8) is 0 Å². The number of aromatic nitrogens is 3. The van der Waals surface area contributed by atoms with E-state index < -0.39 is 0 Å². The molecule has 0 aliphatic carbocycles. The van der Waals surface area contributed by atoms with E-state index >= 15 is 0 Å². The summed E-state index contributed by atoms with van der Waals surface area (Å²) in [4.78, 5) is 16.3. The summed E-state index contributed by atoms with van der Waals surface area (Å²) in [7, 11) is 0. The standard InChI is InChI=1S/C16H17N3O2S/c1-11-9-12(2)19(18-11)8-7-16(20)21-10-15-17-13-5-3-4-6-14(13)22-15/h3-6,9H,7-8,10H2,1-2H3. The van der Waals surface area contributed by atoms with Crippen LogP contribution < -0.4 is 0 Å². The van der Waals surface area contributed by atoms with Crippen LogP contribution in [0.5, 0.6) is 0 Å². The second kappa shape index (κ2) is 6.27. The number of ether oxygens (including phenoxy) is 1. The lowest BCUT2D eigenvalue weighted by Gasteiger charge is -2.04. The first-order valence-corrected chi connectivity index (χ1v) is 7.94. The van der Waals surface area contributed by atoms with Gasteiger partial charge in [-0.15, -0.1) is 11.3 Å². The van der Waals surface area contributed by atoms with Gasteiger partial charge in [-0.2, -0.15) is 5.10 Å². The van der Waals surface area contributed by atoms with Crippen LogP contribution in [0.1, 0.15) is 22.8 Å². The van der Waals surface area contributed by atoms with Crippen LogP contribution in [0.2, 0.25) is 0 Å². The fourth-order valence-electron chi connectivity index (χ4n) is 2.29. The number of thiazole rings is 1. The van der Waals surface area contributed by atoms with Crippen molar-refractivity contribution >= 4 is 27.5 Å². The van der Waals surface area contributed by atoms with Crippen LogP contribution in [0.25, 0.3) is 10.2 Å². The van der Waals surface area contributed by atoms with E-state index in [9.17, 15) is 4.79 Å². The Hall–Kier alpha value is -2.21. The molecule has 6 heteroatoms. The Morgan fingerprint density at radius 1 is 1.32 bits per heavy atom. The first kappa shape index (κ1) is 14.7. The number of carbonyl (C=O) groups is 1. The van der Waals surface area contributed by atoms with Crippen LogP contribution in [-0.2, 0) is 22.7 Å². The normalized spacial score (nSPS) is 11.0. The van der Waals surface area contributed by atoms with Gasteiger partial charge in [0.1, 0.15) is 11.6 Å². The highest BCUT2D eigenvalue weighted by Crippen LogP contribution is 2.22. The number of aryl methyl sites for hydroxylation is 3. The lowest BCUT2D eigenvalue weighted by atomic mass is 10.3. The van der Waals surface area contributed by atoms with E-state index in [0.29, 0.717) is 13.0 Å². The van der Waals surface area contributed by atoms with Gasteiger partial charge in [0.05, 0.1) is 28.9 Å². The summed E-state index contributed by atoms with van der Waals surface area (Å²) in [6.07, 6.45) is 0.312. The highest BCUT2D eigenvalue weighted by Gasteiger charge is 2.09. The number of fused-ring (bicyclic) bond motifs is 1. The number of carbonyl (C=O) groups excluding carboxylic acids is 1. The number of hydrogen-bond acceptors (Lipinski definition) is 5. The highest BCUT2D eigenvalue weighted by atomic mass is 32.1. The highest BCUT2D eigenvalue weighted by molar-refractivity contribution is 7.18. The van der Waals surface area contributed by atoms with Crippen molar-refractivity contribution in [3.05, 3.63) is 46.7 Å². The topological polar surface area (TPSA) is 57.0 Å². The average Bonchev–Trinajstić information content (AvgIpc) is 3.05. The van der Waals surface area contributed by atoms with Crippen LogP contribution in [0.15, 0.2) is 30.3 Å². The molecule has 0 fully saturated rings. The van der Waals surface area contributed by atoms with E-state index in [1.165, 1.54) is 0 Å². The van der Waals surface area contributed by atoms with E-state index in [1.807, 2.05) is 48.9 Å². The van der Waals surface area contributed by atoms with E-state index in [-0.39, 0.29) is 12.6 Å². The molecule has 3 aromatic rings. The fourth-order valence-corrected chi connectivity index (χ4v) is 3.18. The molecule has 0 amide bonds. The van der Waals surface area contributed by atoms with Crippen molar-refractivity contribution in [1.82, 2.24) is 14.8 Å². The SMILES string of the molecule is Cc1cc(C)n(CCC(=O)OCc2nc3ccccc3s2)n1. The minimum absolute atomic E-state index is 0.230. The molecule has 2 aromatic heterocycles. The van der Waals surface area contributed by atoms with Crippen LogP contribution >= 0.6 is 11.3 Å². The van der Waals surface area contributed by atoms with Gasteiger partial charge >= 0.3 is 5.97 Å². The minimum Gasteiger partial charge on any atom is -0.458 e. The zero-order valence-corrected chi connectivity index (χ0v) is 13.4. The number of hydrogen-bond donors (Lipinski definition) is 0. The van der Waals surface area contributed by atoms with Crippen LogP contribution in [0, 0.1) is 13.8 Å². The quantitative estimate of drug-likeness (QED) is 0.678. The fraction of sp³-hybridized carbons (Fsp3) is 0.312. The van der Waals surface area contributed by atoms with Gasteiger partial charge in [-0.3, -0.25) is 9.48 Å². The largest absolute Gasteiger partial charge is 0.458 e. The molecule has 3 rings (SSSR count). The van der Waals surface area contributed by atoms with Crippen molar-refractivity contribution in [2.24, 2.45) is 0 Å². The zero-order chi connectivity index (χ0) is 15.5. The van der Waals surface area contributed by atoms with Gasteiger partial charge in [0.15, 0.2) is 0 Å². The molecule has 0 saturated carbocycles. The predicted octanol–water partition coefficient (Wildman–Crippen LogP) is 3.24. The maximum Gasteiger partial charge on any atom is 0.308 e. The average molecular weight is 315 g/mol. The lowest BCUT2D eigenvalue weighted by Crippen LogP contribution is -2.11.